The summed E-state index contributed by atoms with van der Waals surface area (Å²) in [6.45, 7) is 12.7. The van der Waals surface area contributed by atoms with E-state index in [1.807, 2.05) is 108 Å². The number of carbonyl (C=O) groups is 4. The molecule has 0 aromatic heterocycles. The minimum Gasteiger partial charge on any atom is -1.00 e. The molecule has 3 aromatic rings. The average molecular weight is 801 g/mol. The molecule has 3 aromatic carbocycles. The number of esters is 2. The molecular formula is C38H50N4Na2O8S2. The zero-order valence-electron chi connectivity index (χ0n) is 33.5. The van der Waals surface area contributed by atoms with Crippen LogP contribution in [0.3, 0.4) is 0 Å². The smallest absolute Gasteiger partial charge is 1.00 e. The summed E-state index contributed by atoms with van der Waals surface area (Å²) in [5, 5.41) is 11.8. The number of nitrogens with two attached hydrogens (primary N) is 1. The van der Waals surface area contributed by atoms with Crippen LogP contribution in [0.4, 0.5) is 0 Å². The van der Waals surface area contributed by atoms with Crippen molar-refractivity contribution in [2.24, 2.45) is 5.73 Å². The summed E-state index contributed by atoms with van der Waals surface area (Å²) in [5.74, 6) is -0.824. The molecule has 0 heterocycles. The summed E-state index contributed by atoms with van der Waals surface area (Å²) in [6.07, 6.45) is 0.437. The number of nitrogens with zero attached hydrogens (tertiary/aromatic N) is 2. The van der Waals surface area contributed by atoms with Crippen LogP contribution in [0.15, 0.2) is 91.0 Å². The third-order valence-electron chi connectivity index (χ3n) is 6.34. The molecule has 16 heteroatoms. The molecule has 284 valence electrons. The molecule has 0 fully saturated rings. The molecule has 12 nitrogen and oxygen atoms in total. The largest absolute Gasteiger partial charge is 1.00 e. The van der Waals surface area contributed by atoms with Crippen molar-refractivity contribution in [3.63, 3.8) is 0 Å². The first-order valence-corrected chi connectivity index (χ1v) is 17.2. The molecule has 0 atom stereocenters. The molecule has 3 rings (SSSR count). The number of hydrogen-bond acceptors (Lipinski definition) is 10. The van der Waals surface area contributed by atoms with Crippen molar-refractivity contribution in [1.82, 2.24) is 15.1 Å². The van der Waals surface area contributed by atoms with Gasteiger partial charge in [0, 0.05) is 31.7 Å². The number of ether oxygens (including phenoxy) is 2. The molecular weight excluding hydrogens is 751 g/mol. The van der Waals surface area contributed by atoms with Crippen LogP contribution in [0, 0.1) is 0 Å². The fourth-order valence-electron chi connectivity index (χ4n) is 4.20. The summed E-state index contributed by atoms with van der Waals surface area (Å²) in [5.41, 5.74) is 7.35. The fraction of sp³-hybridized carbons (Fsp3) is 0.368. The van der Waals surface area contributed by atoms with Gasteiger partial charge in [0.05, 0.1) is 12.8 Å². The number of rotatable bonds is 12. The number of amides is 1. The third kappa shape index (κ3) is 26.0. The molecule has 0 saturated heterocycles. The van der Waals surface area contributed by atoms with Gasteiger partial charge < -0.3 is 36.6 Å². The van der Waals surface area contributed by atoms with Crippen molar-refractivity contribution in [2.75, 3.05) is 13.1 Å². The average Bonchev–Trinajstić information content (AvgIpc) is 3.08. The van der Waals surface area contributed by atoms with E-state index < -0.39 is 11.2 Å². The number of thiocarbonyl (C=S) groups is 2. The number of carbonyl (C=O) groups excluding carboxylic acids is 4. The minimum atomic E-state index is -0.538. The quantitative estimate of drug-likeness (QED) is 0.0571. The predicted molar refractivity (Wildman–Crippen MR) is 206 cm³/mol. The van der Waals surface area contributed by atoms with Crippen LogP contribution in [0.2, 0.25) is 0 Å². The Labute approximate surface area is 375 Å². The second kappa shape index (κ2) is 28.5. The van der Waals surface area contributed by atoms with Crippen molar-refractivity contribution in [1.29, 1.82) is 0 Å². The molecule has 0 aliphatic rings. The van der Waals surface area contributed by atoms with Gasteiger partial charge in [0.2, 0.25) is 0 Å². The molecule has 0 saturated carbocycles. The number of benzene rings is 3. The second-order valence-electron chi connectivity index (χ2n) is 13.1. The van der Waals surface area contributed by atoms with Gasteiger partial charge in [-0.1, -0.05) is 78.9 Å². The first-order chi connectivity index (χ1) is 24.4. The zero-order valence-corrected chi connectivity index (χ0v) is 38.2. The molecule has 0 spiro atoms. The Morgan fingerprint density at radius 3 is 1.43 bits per heavy atom. The van der Waals surface area contributed by atoms with E-state index in [4.69, 9.17) is 49.7 Å². The Bertz CT molecular complexity index is 1570. The second-order valence-corrected chi connectivity index (χ2v) is 13.9. The van der Waals surface area contributed by atoms with E-state index in [1.165, 1.54) is 0 Å². The van der Waals surface area contributed by atoms with Crippen LogP contribution in [-0.2, 0) is 41.8 Å². The van der Waals surface area contributed by atoms with Gasteiger partial charge in [-0.2, -0.15) is 0 Å². The third-order valence-corrected chi connectivity index (χ3v) is 6.96. The van der Waals surface area contributed by atoms with E-state index in [-0.39, 0.29) is 108 Å². The van der Waals surface area contributed by atoms with Crippen molar-refractivity contribution < 1.29 is 99.3 Å². The van der Waals surface area contributed by atoms with E-state index in [0.717, 1.165) is 11.1 Å². The van der Waals surface area contributed by atoms with E-state index in [0.29, 0.717) is 31.7 Å². The van der Waals surface area contributed by atoms with E-state index >= 15 is 0 Å². The predicted octanol–water partition coefficient (Wildman–Crippen LogP) is -1.05. The zero-order chi connectivity index (χ0) is 39.2. The topological polar surface area (TPSA) is 164 Å². The summed E-state index contributed by atoms with van der Waals surface area (Å²) < 4.78 is 10.6. The van der Waals surface area contributed by atoms with Gasteiger partial charge in [-0.3, -0.25) is 24.5 Å². The van der Waals surface area contributed by atoms with Crippen molar-refractivity contribution >= 4 is 59.0 Å². The molecule has 1 amide bonds. The molecule has 0 aliphatic heterocycles. The molecule has 0 radical (unpaired) electrons. The summed E-state index contributed by atoms with van der Waals surface area (Å²) in [4.78, 5) is 51.1. The maximum absolute atomic E-state index is 12.4. The normalized spacial score (nSPS) is 10.1. The SMILES string of the molecule is CC(C)(C)OC(=O)CCN(Cc1ccccc1)C(=S)NC(=O)c1ccccc1.CC(C)(C)OC(=O)CCN(Cc1ccccc1)C(N)=S.O=CO[O-].[H-].[Na+].[Na+]. The maximum atomic E-state index is 12.4. The van der Waals surface area contributed by atoms with Gasteiger partial charge in [0.15, 0.2) is 10.2 Å². The van der Waals surface area contributed by atoms with Crippen LogP contribution >= 0.6 is 24.4 Å². The maximum Gasteiger partial charge on any atom is 1.00 e. The van der Waals surface area contributed by atoms with Crippen molar-refractivity contribution in [3.8, 4) is 0 Å². The van der Waals surface area contributed by atoms with Crippen LogP contribution in [0.1, 0.15) is 77.3 Å². The Morgan fingerprint density at radius 1 is 0.722 bits per heavy atom. The first kappa shape index (κ1) is 53.2. The number of nitrogens with one attached hydrogen (secondary N) is 1. The first-order valence-electron chi connectivity index (χ1n) is 16.4. The van der Waals surface area contributed by atoms with E-state index in [1.54, 1.807) is 34.1 Å². The Hall–Kier alpha value is -2.92. The van der Waals surface area contributed by atoms with Crippen LogP contribution in [0.5, 0.6) is 0 Å². The van der Waals surface area contributed by atoms with Gasteiger partial charge >= 0.3 is 71.1 Å². The summed E-state index contributed by atoms with van der Waals surface area (Å²) >= 11 is 10.5. The Kier molecular flexibility index (Phi) is 28.1. The summed E-state index contributed by atoms with van der Waals surface area (Å²) in [7, 11) is 0. The Balaban J connectivity index is -0.000000886. The van der Waals surface area contributed by atoms with Gasteiger partial charge in [0.1, 0.15) is 11.2 Å². The van der Waals surface area contributed by atoms with Crippen LogP contribution in [-0.4, -0.2) is 68.6 Å². The Morgan fingerprint density at radius 2 is 1.07 bits per heavy atom. The molecule has 0 bridgehead atoms. The fourth-order valence-corrected chi connectivity index (χ4v) is 4.61. The molecule has 3 N–H and O–H groups in total. The van der Waals surface area contributed by atoms with Crippen molar-refractivity contribution in [2.45, 2.75) is 78.7 Å². The van der Waals surface area contributed by atoms with E-state index in [9.17, 15) is 14.4 Å². The minimum absolute atomic E-state index is 0. The van der Waals surface area contributed by atoms with Gasteiger partial charge in [-0.05, 0) is 89.2 Å². The van der Waals surface area contributed by atoms with Gasteiger partial charge in [0.25, 0.3) is 12.4 Å². The molecule has 0 unspecified atom stereocenters. The van der Waals surface area contributed by atoms with Gasteiger partial charge in [-0.15, -0.1) is 0 Å². The van der Waals surface area contributed by atoms with Crippen LogP contribution in [0.25, 0.3) is 0 Å². The summed E-state index contributed by atoms with van der Waals surface area (Å²) in [6, 6.07) is 28.5. The molecule has 54 heavy (non-hydrogen) atoms. The standard InChI is InChI=1S/C22H26N2O3S.C15H22N2O2S.CH2O3.2Na.H/c1-22(2,3)27-19(25)14-15-24(16-17-10-6-4-7-11-17)21(28)23-20(26)18-12-8-5-9-13-18;1-15(2,3)19-13(18)9-10-17(14(16)20)11-12-7-5-4-6-8-12;2-1-4-3;;;/h4-13H,14-16H2,1-3H3,(H,23,26,28);4-8H,9-11H2,1-3H3,(H2,16,20);1,3H;;;/q;;;2*+1;-1/p-1. The molecule has 0 aliphatic carbocycles. The van der Waals surface area contributed by atoms with Crippen LogP contribution < -0.4 is 75.4 Å². The van der Waals surface area contributed by atoms with E-state index in [2.05, 4.69) is 10.2 Å². The monoisotopic (exact) mass is 800 g/mol. The number of hydrogen-bond donors (Lipinski definition) is 2. The van der Waals surface area contributed by atoms with Crippen molar-refractivity contribution in [3.05, 3.63) is 108 Å². The van der Waals surface area contributed by atoms with Gasteiger partial charge in [-0.25, -0.2) is 0 Å².